The van der Waals surface area contributed by atoms with Gasteiger partial charge in [0, 0.05) is 36.0 Å². The van der Waals surface area contributed by atoms with Crippen molar-refractivity contribution in [3.05, 3.63) is 60.4 Å². The Hall–Kier alpha value is -2.09. The highest BCUT2D eigenvalue weighted by atomic mass is 32.2. The summed E-state index contributed by atoms with van der Waals surface area (Å²) in [7, 11) is 0. The predicted molar refractivity (Wildman–Crippen MR) is 113 cm³/mol. The van der Waals surface area contributed by atoms with Gasteiger partial charge in [0.25, 0.3) is 0 Å². The molecule has 1 amide bonds. The van der Waals surface area contributed by atoms with Crippen LogP contribution in [0.5, 0.6) is 0 Å². The number of amides is 1. The van der Waals surface area contributed by atoms with Gasteiger partial charge in [0.2, 0.25) is 5.91 Å². The Morgan fingerprint density at radius 2 is 1.79 bits per heavy atom. The van der Waals surface area contributed by atoms with Crippen LogP contribution in [0.25, 0.3) is 0 Å². The van der Waals surface area contributed by atoms with Crippen LogP contribution in [0.2, 0.25) is 0 Å². The average Bonchev–Trinajstić information content (AvgIpc) is 3.06. The molecule has 1 spiro atoms. The van der Waals surface area contributed by atoms with E-state index >= 15 is 0 Å². The van der Waals surface area contributed by atoms with Crippen LogP contribution in [0.4, 0.5) is 10.1 Å². The van der Waals surface area contributed by atoms with Crippen LogP contribution in [-0.2, 0) is 4.79 Å². The van der Waals surface area contributed by atoms with Crippen LogP contribution in [0.1, 0.15) is 12.8 Å². The molecule has 2 aromatic rings. The highest BCUT2D eigenvalue weighted by molar-refractivity contribution is 7.99. The molecule has 1 unspecified atom stereocenters. The van der Waals surface area contributed by atoms with Gasteiger partial charge in [-0.3, -0.25) is 4.79 Å². The third-order valence-electron chi connectivity index (χ3n) is 5.81. The second kappa shape index (κ2) is 8.73. The summed E-state index contributed by atoms with van der Waals surface area (Å²) >= 11 is 1.53. The van der Waals surface area contributed by atoms with Gasteiger partial charge in [-0.25, -0.2) is 4.39 Å². The van der Waals surface area contributed by atoms with E-state index in [2.05, 4.69) is 15.1 Å². The van der Waals surface area contributed by atoms with Gasteiger partial charge in [-0.15, -0.1) is 11.8 Å². The maximum atomic E-state index is 13.0. The molecule has 0 radical (unpaired) electrons. The lowest BCUT2D eigenvalue weighted by Crippen LogP contribution is -2.57. The number of hydrogen-bond donors (Lipinski definition) is 2. The van der Waals surface area contributed by atoms with Crippen molar-refractivity contribution in [2.45, 2.75) is 29.4 Å². The number of aliphatic hydroxyl groups is 1. The Morgan fingerprint density at radius 1 is 1.10 bits per heavy atom. The fourth-order valence-electron chi connectivity index (χ4n) is 4.21. The van der Waals surface area contributed by atoms with E-state index in [1.54, 1.807) is 12.1 Å². The zero-order valence-electron chi connectivity index (χ0n) is 16.3. The van der Waals surface area contributed by atoms with Crippen molar-refractivity contribution in [3.8, 4) is 0 Å². The number of nitrogens with one attached hydrogen (secondary N) is 1. The summed E-state index contributed by atoms with van der Waals surface area (Å²) in [6, 6.07) is 16.4. The lowest BCUT2D eigenvalue weighted by molar-refractivity contribution is -0.125. The maximum Gasteiger partial charge on any atom is 0.247 e. The zero-order chi connectivity index (χ0) is 20.3. The first-order valence-corrected chi connectivity index (χ1v) is 11.0. The minimum atomic E-state index is -0.494. The second-order valence-corrected chi connectivity index (χ2v) is 8.77. The quantitative estimate of drug-likeness (QED) is 0.711. The molecular weight excluding hydrogens is 389 g/mol. The van der Waals surface area contributed by atoms with E-state index in [0.29, 0.717) is 19.0 Å². The van der Waals surface area contributed by atoms with E-state index in [-0.39, 0.29) is 11.7 Å². The number of hydrogen-bond acceptors (Lipinski definition) is 5. The number of halogens is 1. The van der Waals surface area contributed by atoms with Crippen molar-refractivity contribution < 1.29 is 14.3 Å². The van der Waals surface area contributed by atoms with Crippen LogP contribution >= 0.6 is 11.8 Å². The highest BCUT2D eigenvalue weighted by Gasteiger charge is 2.50. The number of thioether (sulfide) groups is 1. The Morgan fingerprint density at radius 3 is 2.48 bits per heavy atom. The number of benzene rings is 2. The number of piperidine rings is 1. The number of rotatable bonds is 6. The van der Waals surface area contributed by atoms with E-state index < -0.39 is 11.6 Å². The third kappa shape index (κ3) is 4.42. The summed E-state index contributed by atoms with van der Waals surface area (Å²) in [5.41, 5.74) is 0.570. The zero-order valence-corrected chi connectivity index (χ0v) is 17.1. The number of nitrogens with zero attached hydrogens (tertiary/aromatic N) is 2. The molecule has 2 saturated heterocycles. The van der Waals surface area contributed by atoms with Crippen molar-refractivity contribution in [2.75, 3.05) is 37.0 Å². The smallest absolute Gasteiger partial charge is 0.247 e. The average molecular weight is 416 g/mol. The second-order valence-electron chi connectivity index (χ2n) is 7.68. The van der Waals surface area contributed by atoms with E-state index in [4.69, 9.17) is 0 Å². The van der Waals surface area contributed by atoms with E-state index in [0.717, 1.165) is 36.5 Å². The molecule has 2 aromatic carbocycles. The molecule has 2 N–H and O–H groups in total. The molecule has 0 bridgehead atoms. The fourth-order valence-corrected chi connectivity index (χ4v) is 5.03. The van der Waals surface area contributed by atoms with Crippen LogP contribution in [0.3, 0.4) is 0 Å². The number of carbonyl (C=O) groups excluding carboxylic acids is 1. The molecule has 5 nitrogen and oxygen atoms in total. The number of anilines is 1. The topological polar surface area (TPSA) is 55.8 Å². The van der Waals surface area contributed by atoms with Gasteiger partial charge in [0.15, 0.2) is 0 Å². The minimum Gasteiger partial charge on any atom is -0.391 e. The number of β-amino-alcohol motifs (C(OH)–C–C–N with tert-alkyl or cyclic N) is 1. The highest BCUT2D eigenvalue weighted by Crippen LogP contribution is 2.36. The molecule has 0 saturated carbocycles. The first-order valence-electron chi connectivity index (χ1n) is 9.97. The summed E-state index contributed by atoms with van der Waals surface area (Å²) in [4.78, 5) is 18.1. The van der Waals surface area contributed by atoms with Gasteiger partial charge in [-0.1, -0.05) is 18.2 Å². The standard InChI is InChI=1S/C22H26FN3O2S/c23-17-6-8-20(9-7-17)29-15-19(27)14-25-12-10-22(11-13-25)21(28)24-16-26(22)18-4-2-1-3-5-18/h1-9,19,27H,10-16H2,(H,24,28). The van der Waals surface area contributed by atoms with Crippen molar-refractivity contribution in [3.63, 3.8) is 0 Å². The molecule has 4 rings (SSSR count). The molecule has 7 heteroatoms. The van der Waals surface area contributed by atoms with Crippen molar-refractivity contribution in [2.24, 2.45) is 0 Å². The Kier molecular flexibility index (Phi) is 6.08. The Bertz CT molecular complexity index is 826. The van der Waals surface area contributed by atoms with Gasteiger partial charge in [0.05, 0.1) is 12.8 Å². The summed E-state index contributed by atoms with van der Waals surface area (Å²) in [6.07, 6.45) is 1.01. The number of likely N-dealkylation sites (tertiary alicyclic amines) is 1. The van der Waals surface area contributed by atoms with Crippen molar-refractivity contribution >= 4 is 23.4 Å². The molecule has 2 aliphatic rings. The molecule has 2 heterocycles. The van der Waals surface area contributed by atoms with Gasteiger partial charge >= 0.3 is 0 Å². The van der Waals surface area contributed by atoms with Gasteiger partial charge in [-0.2, -0.15) is 0 Å². The Labute approximate surface area is 174 Å². The monoisotopic (exact) mass is 415 g/mol. The van der Waals surface area contributed by atoms with Crippen LogP contribution in [0, 0.1) is 5.82 Å². The molecule has 29 heavy (non-hydrogen) atoms. The van der Waals surface area contributed by atoms with Gasteiger partial charge in [-0.05, 0) is 49.2 Å². The van der Waals surface area contributed by atoms with Gasteiger partial charge < -0.3 is 20.2 Å². The van der Waals surface area contributed by atoms with Crippen LogP contribution in [0.15, 0.2) is 59.5 Å². The molecule has 1 atom stereocenters. The molecule has 2 fully saturated rings. The van der Waals surface area contributed by atoms with Crippen molar-refractivity contribution in [1.82, 2.24) is 10.2 Å². The molecular formula is C22H26FN3O2S. The summed E-state index contributed by atoms with van der Waals surface area (Å²) < 4.78 is 13.0. The van der Waals surface area contributed by atoms with Crippen molar-refractivity contribution in [1.29, 1.82) is 0 Å². The summed E-state index contributed by atoms with van der Waals surface area (Å²) in [5, 5.41) is 13.4. The van der Waals surface area contributed by atoms with E-state index in [1.165, 1.54) is 23.9 Å². The van der Waals surface area contributed by atoms with Gasteiger partial charge in [0.1, 0.15) is 11.4 Å². The van der Waals surface area contributed by atoms with Crippen LogP contribution < -0.4 is 10.2 Å². The normalized spacial score (nSPS) is 20.1. The maximum absolute atomic E-state index is 13.0. The number of carbonyl (C=O) groups is 1. The summed E-state index contributed by atoms with van der Waals surface area (Å²) in [5.74, 6) is 0.412. The number of para-hydroxylation sites is 1. The number of aliphatic hydroxyl groups excluding tert-OH is 1. The third-order valence-corrected chi connectivity index (χ3v) is 6.97. The van der Waals surface area contributed by atoms with Crippen LogP contribution in [-0.4, -0.2) is 59.6 Å². The molecule has 0 aliphatic carbocycles. The van der Waals surface area contributed by atoms with E-state index in [9.17, 15) is 14.3 Å². The summed E-state index contributed by atoms with van der Waals surface area (Å²) in [6.45, 7) is 2.67. The lowest BCUT2D eigenvalue weighted by atomic mass is 9.85. The lowest BCUT2D eigenvalue weighted by Gasteiger charge is -2.43. The molecule has 0 aromatic heterocycles. The predicted octanol–water partition coefficient (Wildman–Crippen LogP) is 2.71. The molecule has 2 aliphatic heterocycles. The first-order chi connectivity index (χ1) is 14.1. The Balaban J connectivity index is 1.31. The fraction of sp³-hybridized carbons (Fsp3) is 0.409. The first kappa shape index (κ1) is 20.2. The van der Waals surface area contributed by atoms with E-state index in [1.807, 2.05) is 30.3 Å². The minimum absolute atomic E-state index is 0.105. The molecule has 154 valence electrons. The SMILES string of the molecule is O=C1NCN(c2ccccc2)C12CCN(CC(O)CSc1ccc(F)cc1)CC2. The largest absolute Gasteiger partial charge is 0.391 e.